The molecule has 1 aromatic heterocycles. The third-order valence-electron chi connectivity index (χ3n) is 1.51. The summed E-state index contributed by atoms with van der Waals surface area (Å²) in [6.07, 6.45) is 1.81. The van der Waals surface area contributed by atoms with Crippen LogP contribution in [0.1, 0.15) is 4.28 Å². The van der Waals surface area contributed by atoms with Gasteiger partial charge in [-0.05, 0) is 12.1 Å². The molecule has 0 spiro atoms. The van der Waals surface area contributed by atoms with Crippen LogP contribution in [0.15, 0.2) is 42.6 Å². The van der Waals surface area contributed by atoms with E-state index in [2.05, 4.69) is 17.1 Å². The Hall–Kier alpha value is -0.604. The molecule has 0 unspecified atom stereocenters. The van der Waals surface area contributed by atoms with Crippen LogP contribution < -0.4 is 18.9 Å². The van der Waals surface area contributed by atoms with Crippen molar-refractivity contribution in [3.63, 3.8) is 0 Å². The van der Waals surface area contributed by atoms with Crippen molar-refractivity contribution in [3.05, 3.63) is 42.6 Å². The molecule has 0 N–H and O–H groups in total. The van der Waals surface area contributed by atoms with Crippen molar-refractivity contribution >= 4 is 21.0 Å². The van der Waals surface area contributed by atoms with Gasteiger partial charge in [-0.3, -0.25) is 4.98 Å². The van der Waals surface area contributed by atoms with Crippen LogP contribution in [-0.4, -0.2) is 15.1 Å². The molecular weight excluding hydrogens is 138 g/mol. The van der Waals surface area contributed by atoms with E-state index in [0.717, 1.165) is 5.52 Å². The molecule has 12 heavy (non-hydrogen) atoms. The fourth-order valence-corrected chi connectivity index (χ4v) is 1.02. The Morgan fingerprint density at radius 1 is 1.00 bits per heavy atom. The fourth-order valence-electron chi connectivity index (χ4n) is 1.02. The van der Waals surface area contributed by atoms with Crippen LogP contribution in [0.4, 0.5) is 0 Å². The Labute approximate surface area is 92.0 Å². The summed E-state index contributed by atoms with van der Waals surface area (Å²) in [5.41, 5.74) is 1.06. The molecule has 1 nitrogen and oxygen atoms in total. The summed E-state index contributed by atoms with van der Waals surface area (Å²) in [4.78, 5) is 4.18. The molecule has 0 amide bonds. The zero-order chi connectivity index (χ0) is 6.81. The van der Waals surface area contributed by atoms with E-state index in [-0.39, 0.29) is 33.3 Å². The number of fused-ring (bicyclic) bond motifs is 1. The van der Waals surface area contributed by atoms with Gasteiger partial charge in [0, 0.05) is 11.6 Å². The van der Waals surface area contributed by atoms with Crippen molar-refractivity contribution in [2.75, 3.05) is 0 Å². The molecule has 2 aromatic rings. The van der Waals surface area contributed by atoms with E-state index in [9.17, 15) is 0 Å². The maximum Gasteiger partial charge on any atom is 2.00 e. The number of para-hydroxylation sites is 1. The van der Waals surface area contributed by atoms with Crippen molar-refractivity contribution in [2.24, 2.45) is 0 Å². The Kier molecular flexibility index (Phi) is 4.86. The SMILES string of the molecule is [Be+2].[H-].[H-].[H-].[Li+].c1ccc2ncccc2c1. The molecular formula is C9H10BeLiN. The molecule has 0 radical (unpaired) electrons. The first-order valence-corrected chi connectivity index (χ1v) is 3.26. The minimum Gasteiger partial charge on any atom is -1.00 e. The third-order valence-corrected chi connectivity index (χ3v) is 1.51. The van der Waals surface area contributed by atoms with Crippen LogP contribution in [0.3, 0.4) is 0 Å². The fraction of sp³-hybridized carbons (Fsp3) is 0. The quantitative estimate of drug-likeness (QED) is 0.445. The molecule has 0 aliphatic carbocycles. The van der Waals surface area contributed by atoms with Gasteiger partial charge in [0.05, 0.1) is 5.52 Å². The van der Waals surface area contributed by atoms with Crippen LogP contribution >= 0.6 is 0 Å². The Morgan fingerprint density at radius 2 is 1.67 bits per heavy atom. The van der Waals surface area contributed by atoms with E-state index in [1.807, 2.05) is 30.5 Å². The number of rotatable bonds is 0. The van der Waals surface area contributed by atoms with Gasteiger partial charge in [-0.2, -0.15) is 0 Å². The van der Waals surface area contributed by atoms with Crippen molar-refractivity contribution < 1.29 is 23.1 Å². The summed E-state index contributed by atoms with van der Waals surface area (Å²) >= 11 is 0. The number of nitrogens with zero attached hydrogens (tertiary/aromatic N) is 1. The molecule has 54 valence electrons. The first-order valence-electron chi connectivity index (χ1n) is 3.26. The summed E-state index contributed by atoms with van der Waals surface area (Å²) in [7, 11) is 0. The van der Waals surface area contributed by atoms with Gasteiger partial charge in [0.1, 0.15) is 0 Å². The molecule has 0 bridgehead atoms. The molecule has 0 saturated heterocycles. The predicted octanol–water partition coefficient (Wildman–Crippen LogP) is -0.804. The molecule has 1 heterocycles. The maximum absolute atomic E-state index is 4.18. The largest absolute Gasteiger partial charge is 2.00 e. The molecule has 0 saturated carbocycles. The molecule has 0 aliphatic rings. The molecule has 0 atom stereocenters. The first-order chi connectivity index (χ1) is 4.97. The average molecular weight is 148 g/mol. The zero-order valence-electron chi connectivity index (χ0n) is 10.2. The van der Waals surface area contributed by atoms with Crippen LogP contribution in [0.2, 0.25) is 0 Å². The number of hydrogen-bond acceptors (Lipinski definition) is 1. The van der Waals surface area contributed by atoms with E-state index < -0.39 is 0 Å². The standard InChI is InChI=1S/C9H7N.Be.Li.3H/c1-2-6-9-8(4-1)5-3-7-10-9;;;;;/h1-7H;;;;;/q;+2;+1;3*-1. The summed E-state index contributed by atoms with van der Waals surface area (Å²) < 4.78 is 0. The van der Waals surface area contributed by atoms with Gasteiger partial charge in [0.15, 0.2) is 0 Å². The number of aromatic nitrogens is 1. The van der Waals surface area contributed by atoms with E-state index >= 15 is 0 Å². The molecule has 3 heteroatoms. The van der Waals surface area contributed by atoms with E-state index in [1.54, 1.807) is 0 Å². The topological polar surface area (TPSA) is 12.9 Å². The van der Waals surface area contributed by atoms with Crippen LogP contribution in [-0.2, 0) is 0 Å². The van der Waals surface area contributed by atoms with Crippen LogP contribution in [0, 0.1) is 0 Å². The van der Waals surface area contributed by atoms with Crippen molar-refractivity contribution in [1.29, 1.82) is 0 Å². The average Bonchev–Trinajstić information content (AvgIpc) is 2.05. The van der Waals surface area contributed by atoms with Crippen molar-refractivity contribution in [1.82, 2.24) is 4.98 Å². The van der Waals surface area contributed by atoms with Crippen LogP contribution in [0.5, 0.6) is 0 Å². The van der Waals surface area contributed by atoms with Gasteiger partial charge in [0.2, 0.25) is 0 Å². The van der Waals surface area contributed by atoms with Gasteiger partial charge >= 0.3 is 29.0 Å². The molecule has 0 aliphatic heterocycles. The first kappa shape index (κ1) is 11.4. The second-order valence-corrected chi connectivity index (χ2v) is 2.20. The Bertz CT molecular complexity index is 296. The predicted molar refractivity (Wildman–Crippen MR) is 50.8 cm³/mol. The number of benzene rings is 1. The number of hydrogen-bond donors (Lipinski definition) is 0. The molecule has 2 rings (SSSR count). The Balaban J connectivity index is -0.000000121. The molecule has 1 aromatic carbocycles. The minimum atomic E-state index is 0. The second-order valence-electron chi connectivity index (χ2n) is 2.20. The van der Waals surface area contributed by atoms with Crippen molar-refractivity contribution in [3.8, 4) is 0 Å². The smallest absolute Gasteiger partial charge is 1.00 e. The second kappa shape index (κ2) is 5.11. The van der Waals surface area contributed by atoms with Crippen molar-refractivity contribution in [2.45, 2.75) is 0 Å². The van der Waals surface area contributed by atoms with E-state index in [1.165, 1.54) is 5.39 Å². The van der Waals surface area contributed by atoms with E-state index in [0.29, 0.717) is 0 Å². The van der Waals surface area contributed by atoms with Gasteiger partial charge in [-0.1, -0.05) is 24.3 Å². The summed E-state index contributed by atoms with van der Waals surface area (Å²) in [5.74, 6) is 0. The monoisotopic (exact) mass is 148 g/mol. The van der Waals surface area contributed by atoms with Gasteiger partial charge in [-0.25, -0.2) is 0 Å². The maximum atomic E-state index is 4.18. The van der Waals surface area contributed by atoms with E-state index in [4.69, 9.17) is 0 Å². The normalized spacial score (nSPS) is 8.33. The third kappa shape index (κ3) is 2.19. The van der Waals surface area contributed by atoms with Gasteiger partial charge in [0.25, 0.3) is 0 Å². The Morgan fingerprint density at radius 3 is 2.42 bits per heavy atom. The minimum absolute atomic E-state index is 0. The summed E-state index contributed by atoms with van der Waals surface area (Å²) in [6, 6.07) is 12.1. The number of pyridine rings is 1. The zero-order valence-corrected chi connectivity index (χ0v) is 7.20. The molecule has 0 fully saturated rings. The summed E-state index contributed by atoms with van der Waals surface area (Å²) in [6.45, 7) is 0. The van der Waals surface area contributed by atoms with Gasteiger partial charge < -0.3 is 4.28 Å². The van der Waals surface area contributed by atoms with Crippen LogP contribution in [0.25, 0.3) is 10.9 Å². The van der Waals surface area contributed by atoms with Gasteiger partial charge in [-0.15, -0.1) is 0 Å². The summed E-state index contributed by atoms with van der Waals surface area (Å²) in [5, 5.41) is 1.20.